The van der Waals surface area contributed by atoms with Crippen molar-refractivity contribution in [2.45, 2.75) is 392 Å². The molecule has 0 saturated carbocycles. The quantitative estimate of drug-likeness (QED) is 0.0195. The fourth-order valence-electron chi connectivity index (χ4n) is 11.4. The molecule has 0 fully saturated rings. The van der Waals surface area contributed by atoms with Crippen LogP contribution in [-0.4, -0.2) is 70.0 Å². The summed E-state index contributed by atoms with van der Waals surface area (Å²) in [5.41, 5.74) is 0. The number of hydrogen-bond acceptors (Lipinski definition) is 8. The highest BCUT2D eigenvalue weighted by molar-refractivity contribution is 7.45. The van der Waals surface area contributed by atoms with E-state index in [2.05, 4.69) is 62.5 Å². The number of allylic oxidation sites excluding steroid dienone is 8. The van der Waals surface area contributed by atoms with Crippen molar-refractivity contribution in [1.29, 1.82) is 0 Å². The van der Waals surface area contributed by atoms with Gasteiger partial charge in [-0.1, -0.05) is 345 Å². The molecule has 0 aliphatic heterocycles. The molecule has 0 bridgehead atoms. The Morgan fingerprint density at radius 1 is 0.352 bits per heavy atom. The summed E-state index contributed by atoms with van der Waals surface area (Å²) in [5.74, 6) is -0.812. The Morgan fingerprint density at radius 3 is 0.898 bits per heavy atom. The van der Waals surface area contributed by atoms with Gasteiger partial charge in [-0.15, -0.1) is 0 Å². The van der Waals surface area contributed by atoms with Crippen molar-refractivity contribution in [1.82, 2.24) is 0 Å². The van der Waals surface area contributed by atoms with Crippen LogP contribution < -0.4 is 4.89 Å². The molecule has 0 spiro atoms. The summed E-state index contributed by atoms with van der Waals surface area (Å²) >= 11 is 0. The predicted molar refractivity (Wildman–Crippen MR) is 379 cm³/mol. The van der Waals surface area contributed by atoms with Gasteiger partial charge in [-0.3, -0.25) is 14.2 Å². The van der Waals surface area contributed by atoms with Crippen LogP contribution in [0.3, 0.4) is 0 Å². The first kappa shape index (κ1) is 86.0. The minimum Gasteiger partial charge on any atom is -0.756 e. The van der Waals surface area contributed by atoms with Crippen molar-refractivity contribution in [2.24, 2.45) is 0 Å². The third kappa shape index (κ3) is 73.0. The van der Waals surface area contributed by atoms with Gasteiger partial charge in [0.2, 0.25) is 0 Å². The molecule has 0 aliphatic rings. The summed E-state index contributed by atoms with van der Waals surface area (Å²) in [6.07, 6.45) is 90.8. The van der Waals surface area contributed by atoms with E-state index >= 15 is 0 Å². The molecule has 10 heteroatoms. The molecule has 0 aromatic heterocycles. The van der Waals surface area contributed by atoms with Gasteiger partial charge in [0.15, 0.2) is 6.10 Å². The van der Waals surface area contributed by atoms with Gasteiger partial charge in [0.05, 0.1) is 27.7 Å². The number of nitrogens with zero attached hydrogens (tertiary/aromatic N) is 1. The van der Waals surface area contributed by atoms with Gasteiger partial charge in [0.1, 0.15) is 19.8 Å². The van der Waals surface area contributed by atoms with Crippen LogP contribution in [0.1, 0.15) is 386 Å². The van der Waals surface area contributed by atoms with Crippen molar-refractivity contribution in [3.63, 3.8) is 0 Å². The molecule has 0 saturated heterocycles. The highest BCUT2D eigenvalue weighted by atomic mass is 31.2. The molecule has 9 nitrogen and oxygen atoms in total. The number of carbonyl (C=O) groups is 2. The fourth-order valence-corrected chi connectivity index (χ4v) is 12.2. The molecular weight excluding hydrogens is 1110 g/mol. The number of quaternary nitrogens is 1. The van der Waals surface area contributed by atoms with E-state index in [1.807, 2.05) is 21.1 Å². The van der Waals surface area contributed by atoms with Crippen molar-refractivity contribution >= 4 is 19.8 Å². The summed E-state index contributed by atoms with van der Waals surface area (Å²) < 4.78 is 34.4. The number of phosphoric ester groups is 1. The summed E-state index contributed by atoms with van der Waals surface area (Å²) in [6, 6.07) is 0. The normalized spacial score (nSPS) is 13.3. The molecule has 2 unspecified atom stereocenters. The average Bonchev–Trinajstić information content (AvgIpc) is 3.68. The maximum atomic E-state index is 12.9. The van der Waals surface area contributed by atoms with Crippen molar-refractivity contribution in [3.05, 3.63) is 48.6 Å². The van der Waals surface area contributed by atoms with Crippen LogP contribution in [0.4, 0.5) is 0 Å². The Kier molecular flexibility index (Phi) is 67.7. The Balaban J connectivity index is 3.93. The van der Waals surface area contributed by atoms with Gasteiger partial charge in [-0.2, -0.15) is 0 Å². The zero-order chi connectivity index (χ0) is 64.1. The molecule has 2 atom stereocenters. The first-order chi connectivity index (χ1) is 43.0. The standard InChI is InChI=1S/C78H148NO8P/c1-6-8-10-12-14-16-18-20-22-24-26-28-30-32-34-35-36-37-38-39-40-41-42-43-45-47-49-51-53-55-57-59-61-63-65-67-69-71-78(81)87-76(75-86-88(82,83)85-73-72-79(3,4)5)74-84-77(80)70-68-66-64-62-60-58-56-54-52-50-48-46-44-33-31-29-27-25-23-21-19-17-15-13-11-9-7-2/h18-21,24-27,76H,6-17,22-23,28-75H2,1-5H3/b20-18-,21-19-,26-24-,27-25-. The van der Waals surface area contributed by atoms with Crippen LogP contribution in [0, 0.1) is 0 Å². The first-order valence-corrected chi connectivity index (χ1v) is 39.8. The molecular formula is C78H148NO8P. The van der Waals surface area contributed by atoms with E-state index in [0.717, 1.165) is 44.9 Å². The van der Waals surface area contributed by atoms with Gasteiger partial charge < -0.3 is 27.9 Å². The zero-order valence-corrected chi connectivity index (χ0v) is 60.1. The maximum absolute atomic E-state index is 12.9. The molecule has 0 aliphatic carbocycles. The molecule has 0 aromatic carbocycles. The molecule has 0 rings (SSSR count). The van der Waals surface area contributed by atoms with E-state index < -0.39 is 26.5 Å². The SMILES string of the molecule is CCCCCCC/C=C\C/C=C\CCCCCCCCCCCCCCCCCCCCCCCCCCCC(=O)OC(COC(=O)CCCCCCCCCCCCCCCCC/C=C\C/C=C\CCCCCCC)COP(=O)([O-])OCC[N+](C)(C)C. The lowest BCUT2D eigenvalue weighted by Crippen LogP contribution is -2.37. The fraction of sp³-hybridized carbons (Fsp3) is 0.872. The minimum absolute atomic E-state index is 0.0285. The third-order valence-electron chi connectivity index (χ3n) is 17.3. The van der Waals surface area contributed by atoms with Gasteiger partial charge in [0.25, 0.3) is 7.82 Å². The number of esters is 2. The van der Waals surface area contributed by atoms with Gasteiger partial charge in [-0.05, 0) is 77.0 Å². The second-order valence-electron chi connectivity index (χ2n) is 27.4. The van der Waals surface area contributed by atoms with E-state index in [1.54, 1.807) is 0 Å². The highest BCUT2D eigenvalue weighted by Gasteiger charge is 2.22. The summed E-state index contributed by atoms with van der Waals surface area (Å²) in [6.45, 7) is 4.29. The van der Waals surface area contributed by atoms with E-state index in [4.69, 9.17) is 18.5 Å². The number of ether oxygens (including phenoxy) is 2. The van der Waals surface area contributed by atoms with Gasteiger partial charge >= 0.3 is 11.9 Å². The number of rotatable bonds is 72. The lowest BCUT2D eigenvalue weighted by Gasteiger charge is -2.28. The van der Waals surface area contributed by atoms with Crippen LogP contribution in [0.5, 0.6) is 0 Å². The smallest absolute Gasteiger partial charge is 0.306 e. The number of likely N-dealkylation sites (N-methyl/N-ethyl adjacent to an activating group) is 1. The largest absolute Gasteiger partial charge is 0.756 e. The van der Waals surface area contributed by atoms with Crippen molar-refractivity contribution < 1.29 is 42.1 Å². The molecule has 518 valence electrons. The summed E-state index contributed by atoms with van der Waals surface area (Å²) in [4.78, 5) is 38.1. The second-order valence-corrected chi connectivity index (χ2v) is 28.8. The van der Waals surface area contributed by atoms with Crippen LogP contribution >= 0.6 is 7.82 Å². The monoisotopic (exact) mass is 1260 g/mol. The number of hydrogen-bond donors (Lipinski definition) is 0. The van der Waals surface area contributed by atoms with Crippen LogP contribution in [0.25, 0.3) is 0 Å². The van der Waals surface area contributed by atoms with E-state index in [9.17, 15) is 19.0 Å². The Labute approximate surface area is 547 Å². The Bertz CT molecular complexity index is 1620. The zero-order valence-electron chi connectivity index (χ0n) is 59.2. The van der Waals surface area contributed by atoms with Gasteiger partial charge in [-0.25, -0.2) is 0 Å². The number of carbonyl (C=O) groups excluding carboxylic acids is 2. The first-order valence-electron chi connectivity index (χ1n) is 38.3. The van der Waals surface area contributed by atoms with Crippen LogP contribution in [0.15, 0.2) is 48.6 Å². The number of phosphoric acid groups is 1. The third-order valence-corrected chi connectivity index (χ3v) is 18.3. The van der Waals surface area contributed by atoms with E-state index in [1.165, 1.54) is 308 Å². The second kappa shape index (κ2) is 69.3. The summed E-state index contributed by atoms with van der Waals surface area (Å²) in [7, 11) is 1.19. The average molecular weight is 1260 g/mol. The van der Waals surface area contributed by atoms with Crippen molar-refractivity contribution in [3.8, 4) is 0 Å². The molecule has 0 aromatic rings. The molecule has 0 amide bonds. The summed E-state index contributed by atoms with van der Waals surface area (Å²) in [5, 5.41) is 0. The van der Waals surface area contributed by atoms with Crippen molar-refractivity contribution in [2.75, 3.05) is 47.5 Å². The van der Waals surface area contributed by atoms with Crippen LogP contribution in [-0.2, 0) is 32.7 Å². The Hall–Kier alpha value is -2.03. The van der Waals surface area contributed by atoms with Crippen LogP contribution in [0.2, 0.25) is 0 Å². The molecule has 0 radical (unpaired) electrons. The Morgan fingerprint density at radius 2 is 0.614 bits per heavy atom. The molecule has 88 heavy (non-hydrogen) atoms. The molecule has 0 heterocycles. The predicted octanol–water partition coefficient (Wildman–Crippen LogP) is 24.5. The topological polar surface area (TPSA) is 111 Å². The van der Waals surface area contributed by atoms with E-state index in [0.29, 0.717) is 17.4 Å². The molecule has 0 N–H and O–H groups in total. The number of unbranched alkanes of at least 4 members (excludes halogenated alkanes) is 50. The van der Waals surface area contributed by atoms with Gasteiger partial charge in [0, 0.05) is 12.8 Å². The lowest BCUT2D eigenvalue weighted by molar-refractivity contribution is -0.870. The maximum Gasteiger partial charge on any atom is 0.306 e. The minimum atomic E-state index is -4.64. The van der Waals surface area contributed by atoms with E-state index in [-0.39, 0.29) is 32.0 Å². The lowest BCUT2D eigenvalue weighted by atomic mass is 10.0. The highest BCUT2D eigenvalue weighted by Crippen LogP contribution is 2.38.